The highest BCUT2D eigenvalue weighted by Crippen LogP contribution is 2.26. The van der Waals surface area contributed by atoms with E-state index in [1.165, 1.54) is 0 Å². The van der Waals surface area contributed by atoms with Crippen molar-refractivity contribution in [3.05, 3.63) is 57.6 Å². The molecule has 29 heavy (non-hydrogen) atoms. The third-order valence-corrected chi connectivity index (χ3v) is 4.65. The van der Waals surface area contributed by atoms with Gasteiger partial charge in [0, 0.05) is 5.56 Å². The molecule has 7 heteroatoms. The average molecular weight is 463 g/mol. The Morgan fingerprint density at radius 1 is 1.00 bits per heavy atom. The van der Waals surface area contributed by atoms with Crippen molar-refractivity contribution < 1.29 is 19.1 Å². The third kappa shape index (κ3) is 7.77. The molecule has 2 N–H and O–H groups in total. The summed E-state index contributed by atoms with van der Waals surface area (Å²) < 4.78 is 11.9. The smallest absolute Gasteiger partial charge is 0.276 e. The summed E-state index contributed by atoms with van der Waals surface area (Å²) in [6.45, 7) is 8.59. The quantitative estimate of drug-likeness (QED) is 0.572. The van der Waals surface area contributed by atoms with Gasteiger partial charge in [-0.2, -0.15) is 0 Å². The fourth-order valence-corrected chi connectivity index (χ4v) is 3.06. The van der Waals surface area contributed by atoms with Crippen molar-refractivity contribution in [2.75, 3.05) is 13.2 Å². The number of hydrogen-bond donors (Lipinski definition) is 2. The molecule has 0 aliphatic heterocycles. The van der Waals surface area contributed by atoms with E-state index < -0.39 is 11.8 Å². The first-order chi connectivity index (χ1) is 13.7. The summed E-state index contributed by atoms with van der Waals surface area (Å²) in [6, 6.07) is 10.7. The van der Waals surface area contributed by atoms with Gasteiger partial charge in [-0.3, -0.25) is 20.4 Å². The molecule has 0 saturated heterocycles. The van der Waals surface area contributed by atoms with Gasteiger partial charge in [-0.05, 0) is 83.6 Å². The molecule has 0 heterocycles. The SMILES string of the molecule is Cc1cc(C)cc(OCC(=O)NNC(=O)c2ccc(OCCC(C)C)c(Br)c2)c1. The highest BCUT2D eigenvalue weighted by Gasteiger charge is 2.11. The fourth-order valence-electron chi connectivity index (χ4n) is 2.56. The molecule has 0 aliphatic rings. The number of ether oxygens (including phenoxy) is 2. The maximum Gasteiger partial charge on any atom is 0.276 e. The minimum absolute atomic E-state index is 0.199. The van der Waals surface area contributed by atoms with Gasteiger partial charge in [-0.25, -0.2) is 0 Å². The highest BCUT2D eigenvalue weighted by molar-refractivity contribution is 9.10. The van der Waals surface area contributed by atoms with Crippen molar-refractivity contribution in [2.24, 2.45) is 5.92 Å². The van der Waals surface area contributed by atoms with Crippen molar-refractivity contribution in [2.45, 2.75) is 34.1 Å². The molecule has 0 aliphatic carbocycles. The summed E-state index contributed by atoms with van der Waals surface area (Å²) in [5.41, 5.74) is 7.23. The molecule has 0 fully saturated rings. The average Bonchev–Trinajstić information content (AvgIpc) is 2.64. The molecule has 2 aromatic carbocycles. The van der Waals surface area contributed by atoms with Crippen LogP contribution in [0.25, 0.3) is 0 Å². The molecule has 2 rings (SSSR count). The summed E-state index contributed by atoms with van der Waals surface area (Å²) in [5.74, 6) is 0.958. The monoisotopic (exact) mass is 462 g/mol. The minimum Gasteiger partial charge on any atom is -0.492 e. The normalized spacial score (nSPS) is 10.6. The molecule has 0 unspecified atom stereocenters. The number of hydrazine groups is 1. The Labute approximate surface area is 180 Å². The van der Waals surface area contributed by atoms with Gasteiger partial charge in [0.25, 0.3) is 11.8 Å². The van der Waals surface area contributed by atoms with Crippen molar-refractivity contribution >= 4 is 27.7 Å². The van der Waals surface area contributed by atoms with Crippen molar-refractivity contribution in [1.29, 1.82) is 0 Å². The molecule has 156 valence electrons. The van der Waals surface area contributed by atoms with E-state index in [2.05, 4.69) is 40.6 Å². The van der Waals surface area contributed by atoms with Crippen LogP contribution in [-0.4, -0.2) is 25.0 Å². The van der Waals surface area contributed by atoms with Gasteiger partial charge in [-0.15, -0.1) is 0 Å². The molecule has 0 saturated carbocycles. The second-order valence-electron chi connectivity index (χ2n) is 7.29. The Kier molecular flexibility index (Phi) is 8.51. The maximum absolute atomic E-state index is 12.3. The van der Waals surface area contributed by atoms with E-state index in [0.29, 0.717) is 34.1 Å². The van der Waals surface area contributed by atoms with Crippen LogP contribution in [0.4, 0.5) is 0 Å². The second-order valence-corrected chi connectivity index (χ2v) is 8.14. The van der Waals surface area contributed by atoms with Crippen LogP contribution in [0, 0.1) is 19.8 Å². The number of amides is 2. The van der Waals surface area contributed by atoms with Crippen LogP contribution in [-0.2, 0) is 4.79 Å². The summed E-state index contributed by atoms with van der Waals surface area (Å²) in [5, 5.41) is 0. The van der Waals surface area contributed by atoms with Crippen LogP contribution >= 0.6 is 15.9 Å². The summed E-state index contributed by atoms with van der Waals surface area (Å²) in [4.78, 5) is 24.2. The van der Waals surface area contributed by atoms with Gasteiger partial charge in [0.1, 0.15) is 11.5 Å². The molecule has 6 nitrogen and oxygen atoms in total. The van der Waals surface area contributed by atoms with Crippen molar-refractivity contribution in [1.82, 2.24) is 10.9 Å². The van der Waals surface area contributed by atoms with Crippen molar-refractivity contribution in [3.63, 3.8) is 0 Å². The standard InChI is InChI=1S/C22H27BrN2O4/c1-14(2)7-8-28-20-6-5-17(12-19(20)23)22(27)25-24-21(26)13-29-18-10-15(3)9-16(4)11-18/h5-6,9-12,14H,7-8,13H2,1-4H3,(H,24,26)(H,25,27). The number of halogens is 1. The fraction of sp³-hybridized carbons (Fsp3) is 0.364. The molecule has 2 amide bonds. The minimum atomic E-state index is -0.454. The lowest BCUT2D eigenvalue weighted by atomic mass is 10.1. The zero-order valence-corrected chi connectivity index (χ0v) is 18.8. The zero-order chi connectivity index (χ0) is 21.4. The van der Waals surface area contributed by atoms with Gasteiger partial charge in [0.2, 0.25) is 0 Å². The molecular formula is C22H27BrN2O4. The van der Waals surface area contributed by atoms with Gasteiger partial charge < -0.3 is 9.47 Å². The summed E-state index contributed by atoms with van der Waals surface area (Å²) >= 11 is 3.41. The Bertz CT molecular complexity index is 848. The lowest BCUT2D eigenvalue weighted by Gasteiger charge is -2.12. The first-order valence-corrected chi connectivity index (χ1v) is 10.3. The Hall–Kier alpha value is -2.54. The number of aryl methyl sites for hydroxylation is 2. The lowest BCUT2D eigenvalue weighted by molar-refractivity contribution is -0.123. The van der Waals surface area contributed by atoms with E-state index in [0.717, 1.165) is 17.5 Å². The summed E-state index contributed by atoms with van der Waals surface area (Å²) in [7, 11) is 0. The largest absolute Gasteiger partial charge is 0.492 e. The predicted molar refractivity (Wildman–Crippen MR) is 116 cm³/mol. The van der Waals surface area contributed by atoms with Crippen LogP contribution in [0.5, 0.6) is 11.5 Å². The molecular weight excluding hydrogens is 436 g/mol. The van der Waals surface area contributed by atoms with Crippen molar-refractivity contribution in [3.8, 4) is 11.5 Å². The van der Waals surface area contributed by atoms with E-state index in [4.69, 9.17) is 9.47 Å². The first-order valence-electron chi connectivity index (χ1n) is 9.47. The van der Waals surface area contributed by atoms with E-state index in [9.17, 15) is 9.59 Å². The molecule has 0 radical (unpaired) electrons. The first kappa shape index (κ1) is 22.7. The Balaban J connectivity index is 1.81. The van der Waals surface area contributed by atoms with E-state index in [1.807, 2.05) is 32.0 Å². The number of rotatable bonds is 8. The predicted octanol–water partition coefficient (Wildman–Crippen LogP) is 4.33. The second kappa shape index (κ2) is 10.9. The number of hydrogen-bond acceptors (Lipinski definition) is 4. The van der Waals surface area contributed by atoms with Gasteiger partial charge in [0.05, 0.1) is 11.1 Å². The molecule has 0 spiro atoms. The van der Waals surface area contributed by atoms with Crippen LogP contribution < -0.4 is 20.3 Å². The number of nitrogens with one attached hydrogen (secondary N) is 2. The lowest BCUT2D eigenvalue weighted by Crippen LogP contribution is -2.43. The Morgan fingerprint density at radius 2 is 1.69 bits per heavy atom. The van der Waals surface area contributed by atoms with Crippen LogP contribution in [0.2, 0.25) is 0 Å². The molecule has 0 aromatic heterocycles. The zero-order valence-electron chi connectivity index (χ0n) is 17.2. The summed E-state index contributed by atoms with van der Waals surface area (Å²) in [6.07, 6.45) is 0.949. The molecule has 0 atom stereocenters. The topological polar surface area (TPSA) is 76.7 Å². The van der Waals surface area contributed by atoms with Gasteiger partial charge >= 0.3 is 0 Å². The van der Waals surface area contributed by atoms with Gasteiger partial charge in [0.15, 0.2) is 6.61 Å². The third-order valence-electron chi connectivity index (χ3n) is 4.03. The number of carbonyl (C=O) groups excluding carboxylic acids is 2. The van der Waals surface area contributed by atoms with Crippen LogP contribution in [0.1, 0.15) is 41.8 Å². The molecule has 0 bridgehead atoms. The Morgan fingerprint density at radius 3 is 2.31 bits per heavy atom. The van der Waals surface area contributed by atoms with E-state index in [-0.39, 0.29) is 6.61 Å². The molecule has 2 aromatic rings. The van der Waals surface area contributed by atoms with E-state index in [1.54, 1.807) is 18.2 Å². The van der Waals surface area contributed by atoms with Crippen LogP contribution in [0.15, 0.2) is 40.9 Å². The van der Waals surface area contributed by atoms with Gasteiger partial charge in [-0.1, -0.05) is 19.9 Å². The number of benzene rings is 2. The van der Waals surface area contributed by atoms with E-state index >= 15 is 0 Å². The number of carbonyl (C=O) groups is 2. The van der Waals surface area contributed by atoms with Crippen LogP contribution in [0.3, 0.4) is 0 Å². The maximum atomic E-state index is 12.3. The highest BCUT2D eigenvalue weighted by atomic mass is 79.9.